The highest BCUT2D eigenvalue weighted by atomic mass is 35.5. The Bertz CT molecular complexity index is 749. The van der Waals surface area contributed by atoms with Gasteiger partial charge in [-0.05, 0) is 50.1 Å². The predicted octanol–water partition coefficient (Wildman–Crippen LogP) is 4.73. The first kappa shape index (κ1) is 26.1. The first-order chi connectivity index (χ1) is 13.6. The third kappa shape index (κ3) is 15.9. The maximum Gasteiger partial charge on any atom is 0.261 e. The average molecular weight is 423 g/mol. The van der Waals surface area contributed by atoms with Gasteiger partial charge in [-0.25, -0.2) is 4.39 Å². The summed E-state index contributed by atoms with van der Waals surface area (Å²) >= 11 is 5.86. The molecule has 0 aliphatic carbocycles. The van der Waals surface area contributed by atoms with Crippen molar-refractivity contribution in [2.24, 2.45) is 0 Å². The number of allylic oxidation sites excluding steroid dienone is 9. The van der Waals surface area contributed by atoms with Gasteiger partial charge in [-0.3, -0.25) is 9.59 Å². The first-order valence-corrected chi connectivity index (χ1v) is 9.23. The van der Waals surface area contributed by atoms with Gasteiger partial charge in [-0.15, -0.1) is 0 Å². The second-order valence-electron chi connectivity index (χ2n) is 6.16. The lowest BCUT2D eigenvalue weighted by Crippen LogP contribution is -2.28. The van der Waals surface area contributed by atoms with Crippen molar-refractivity contribution in [3.8, 4) is 0 Å². The van der Waals surface area contributed by atoms with E-state index in [4.69, 9.17) is 16.3 Å². The minimum Gasteiger partial charge on any atom is -0.491 e. The molecule has 0 aromatic heterocycles. The van der Waals surface area contributed by atoms with Crippen LogP contribution in [0.3, 0.4) is 0 Å². The van der Waals surface area contributed by atoms with Crippen molar-refractivity contribution in [3.05, 3.63) is 84.1 Å². The zero-order valence-electron chi connectivity index (χ0n) is 16.9. The number of carbonyl (C=O) groups excluding carboxylic acids is 2. The molecule has 7 heteroatoms. The summed E-state index contributed by atoms with van der Waals surface area (Å²) in [7, 11) is 0. The van der Waals surface area contributed by atoms with Gasteiger partial charge in [0.1, 0.15) is 5.83 Å². The van der Waals surface area contributed by atoms with Crippen molar-refractivity contribution < 1.29 is 18.7 Å². The number of hydrogen-bond acceptors (Lipinski definition) is 3. The van der Waals surface area contributed by atoms with E-state index >= 15 is 0 Å². The van der Waals surface area contributed by atoms with Gasteiger partial charge in [-0.1, -0.05) is 43.0 Å². The van der Waals surface area contributed by atoms with E-state index in [2.05, 4.69) is 30.4 Å². The van der Waals surface area contributed by atoms with Crippen LogP contribution in [0.25, 0.3) is 0 Å². The summed E-state index contributed by atoms with van der Waals surface area (Å²) in [5, 5.41) is 5.58. The molecule has 0 fully saturated rings. The van der Waals surface area contributed by atoms with E-state index in [1.165, 1.54) is 24.5 Å². The summed E-state index contributed by atoms with van der Waals surface area (Å²) in [4.78, 5) is 23.4. The normalized spacial score (nSPS) is 12.1. The van der Waals surface area contributed by atoms with E-state index in [1.54, 1.807) is 26.0 Å². The Balaban J connectivity index is 4.06. The third-order valence-corrected chi connectivity index (χ3v) is 3.58. The molecule has 2 amide bonds. The zero-order valence-corrected chi connectivity index (χ0v) is 17.7. The number of carbonyl (C=O) groups is 2. The second kappa shape index (κ2) is 15.1. The van der Waals surface area contributed by atoms with E-state index in [1.807, 2.05) is 0 Å². The topological polar surface area (TPSA) is 67.4 Å². The Kier molecular flexibility index (Phi) is 13.6. The number of rotatable bonds is 13. The summed E-state index contributed by atoms with van der Waals surface area (Å²) in [6, 6.07) is 0. The Morgan fingerprint density at radius 1 is 1.10 bits per heavy atom. The largest absolute Gasteiger partial charge is 0.491 e. The maximum atomic E-state index is 13.4. The number of nitrogens with one attached hydrogen (secondary N) is 2. The lowest BCUT2D eigenvalue weighted by atomic mass is 10.2. The Morgan fingerprint density at radius 2 is 1.79 bits per heavy atom. The van der Waals surface area contributed by atoms with E-state index in [-0.39, 0.29) is 31.9 Å². The number of amides is 2. The first-order valence-electron chi connectivity index (χ1n) is 8.85. The molecule has 5 nitrogen and oxygen atoms in total. The van der Waals surface area contributed by atoms with Gasteiger partial charge in [-0.2, -0.15) is 0 Å². The highest BCUT2D eigenvalue weighted by Crippen LogP contribution is 2.11. The Morgan fingerprint density at radius 3 is 2.41 bits per heavy atom. The highest BCUT2D eigenvalue weighted by Gasteiger charge is 2.06. The van der Waals surface area contributed by atoms with Gasteiger partial charge in [0, 0.05) is 23.7 Å². The monoisotopic (exact) mass is 422 g/mol. The molecule has 2 N–H and O–H groups in total. The molecule has 0 unspecified atom stereocenters. The Labute approximate surface area is 177 Å². The van der Waals surface area contributed by atoms with Crippen molar-refractivity contribution in [1.29, 1.82) is 0 Å². The lowest BCUT2D eigenvalue weighted by Gasteiger charge is -2.08. The maximum absolute atomic E-state index is 13.4. The minimum atomic E-state index is -0.462. The van der Waals surface area contributed by atoms with E-state index < -0.39 is 11.7 Å². The quantitative estimate of drug-likeness (QED) is 0.333. The van der Waals surface area contributed by atoms with Crippen molar-refractivity contribution in [2.45, 2.75) is 26.7 Å². The molecule has 29 heavy (non-hydrogen) atoms. The summed E-state index contributed by atoms with van der Waals surface area (Å²) in [5.41, 5.74) is 1.83. The fourth-order valence-electron chi connectivity index (χ4n) is 1.65. The van der Waals surface area contributed by atoms with Crippen LogP contribution in [0.1, 0.15) is 26.7 Å². The molecule has 0 aromatic carbocycles. The molecule has 0 spiro atoms. The molecular formula is C22H28ClFN2O3. The predicted molar refractivity (Wildman–Crippen MR) is 117 cm³/mol. The molecule has 0 aliphatic rings. The molecule has 158 valence electrons. The summed E-state index contributed by atoms with van der Waals surface area (Å²) in [6.45, 7) is 14.4. The molecule has 0 saturated carbocycles. The summed E-state index contributed by atoms with van der Waals surface area (Å²) in [5.74, 6) is -1.14. The summed E-state index contributed by atoms with van der Waals surface area (Å²) in [6.07, 6.45) is 8.90. The lowest BCUT2D eigenvalue weighted by molar-refractivity contribution is -0.124. The molecule has 0 aromatic rings. The fourth-order valence-corrected chi connectivity index (χ4v) is 1.72. The van der Waals surface area contributed by atoms with Crippen LogP contribution in [0.4, 0.5) is 4.39 Å². The van der Waals surface area contributed by atoms with E-state index in [0.717, 1.165) is 11.1 Å². The molecule has 0 radical (unpaired) electrons. The standard InChI is InChI=1S/C22H28ClFN2O3/c1-16(2)8-10-19(24)12-13-25-21(27)11-9-18(5)26-22(28)15-29-14-6-7-20(23)17(3)4/h6-8,10,12,14H,1,3,5,9,11,13,15H2,2,4H3,(H,25,27)(H,26,28)/b10-8-,14-6+,19-12-,20-7+. The number of ether oxygens (including phenoxy) is 1. The average Bonchev–Trinajstić information content (AvgIpc) is 2.64. The third-order valence-electron chi connectivity index (χ3n) is 3.13. The van der Waals surface area contributed by atoms with Crippen LogP contribution in [0.2, 0.25) is 0 Å². The number of hydrogen-bond donors (Lipinski definition) is 2. The summed E-state index contributed by atoms with van der Waals surface area (Å²) < 4.78 is 18.4. The van der Waals surface area contributed by atoms with E-state index in [0.29, 0.717) is 10.7 Å². The molecule has 0 aliphatic heterocycles. The van der Waals surface area contributed by atoms with Gasteiger partial charge in [0.25, 0.3) is 5.91 Å². The fraction of sp³-hybridized carbons (Fsp3) is 0.273. The van der Waals surface area contributed by atoms with Gasteiger partial charge in [0.15, 0.2) is 6.61 Å². The van der Waals surface area contributed by atoms with Crippen molar-refractivity contribution in [1.82, 2.24) is 10.6 Å². The second-order valence-corrected chi connectivity index (χ2v) is 6.57. The van der Waals surface area contributed by atoms with Crippen LogP contribution in [0.5, 0.6) is 0 Å². The van der Waals surface area contributed by atoms with Crippen LogP contribution >= 0.6 is 11.6 Å². The Hall–Kier alpha value is -2.86. The van der Waals surface area contributed by atoms with Gasteiger partial charge >= 0.3 is 0 Å². The van der Waals surface area contributed by atoms with Gasteiger partial charge in [0.05, 0.1) is 6.26 Å². The molecular weight excluding hydrogens is 395 g/mol. The van der Waals surface area contributed by atoms with Gasteiger partial charge < -0.3 is 15.4 Å². The molecule has 0 atom stereocenters. The van der Waals surface area contributed by atoms with Crippen LogP contribution in [0, 0.1) is 0 Å². The molecule has 0 heterocycles. The molecule has 0 bridgehead atoms. The highest BCUT2D eigenvalue weighted by molar-refractivity contribution is 6.31. The SMILES string of the molecule is C=C(C)/C=C\C(F)=C\CNC(=O)CCC(=C)NC(=O)CO/C=C/C=C(/Cl)C(=C)C. The zero-order chi connectivity index (χ0) is 22.2. The van der Waals surface area contributed by atoms with Crippen LogP contribution in [-0.4, -0.2) is 25.0 Å². The van der Waals surface area contributed by atoms with Crippen molar-refractivity contribution in [2.75, 3.05) is 13.2 Å². The van der Waals surface area contributed by atoms with Crippen LogP contribution < -0.4 is 10.6 Å². The molecule has 0 saturated heterocycles. The van der Waals surface area contributed by atoms with Crippen molar-refractivity contribution in [3.63, 3.8) is 0 Å². The van der Waals surface area contributed by atoms with E-state index in [9.17, 15) is 14.0 Å². The molecule has 0 rings (SSSR count). The van der Waals surface area contributed by atoms with Gasteiger partial charge in [0.2, 0.25) is 5.91 Å². The van der Waals surface area contributed by atoms with Crippen LogP contribution in [-0.2, 0) is 14.3 Å². The smallest absolute Gasteiger partial charge is 0.261 e. The minimum absolute atomic E-state index is 0.0635. The van der Waals surface area contributed by atoms with Crippen molar-refractivity contribution >= 4 is 23.4 Å². The number of halogens is 2. The van der Waals surface area contributed by atoms with Crippen LogP contribution in [0.15, 0.2) is 84.1 Å².